The summed E-state index contributed by atoms with van der Waals surface area (Å²) >= 11 is 0. The number of aromatic nitrogens is 1. The van der Waals surface area contributed by atoms with Gasteiger partial charge in [0.25, 0.3) is 5.91 Å². The molecule has 94 valence electrons. The van der Waals surface area contributed by atoms with Gasteiger partial charge in [0.15, 0.2) is 0 Å². The van der Waals surface area contributed by atoms with Crippen molar-refractivity contribution in [1.82, 2.24) is 10.3 Å². The summed E-state index contributed by atoms with van der Waals surface area (Å²) in [4.78, 5) is 15.4. The lowest BCUT2D eigenvalue weighted by atomic mass is 10.0. The van der Waals surface area contributed by atoms with E-state index >= 15 is 0 Å². The molecule has 18 heavy (non-hydrogen) atoms. The lowest BCUT2D eigenvalue weighted by molar-refractivity contribution is 0.0958. The molecule has 1 atom stereocenters. The van der Waals surface area contributed by atoms with Crippen LogP contribution in [0.25, 0.3) is 0 Å². The summed E-state index contributed by atoms with van der Waals surface area (Å²) in [5.74, 6) is 1.74. The van der Waals surface area contributed by atoms with Crippen molar-refractivity contribution in [3.63, 3.8) is 0 Å². The van der Waals surface area contributed by atoms with Crippen molar-refractivity contribution in [3.8, 4) is 5.75 Å². The number of hydrogen-bond acceptors (Lipinski definition) is 3. The van der Waals surface area contributed by atoms with Crippen LogP contribution in [0.3, 0.4) is 0 Å². The number of ether oxygens (including phenoxy) is 1. The number of pyridine rings is 1. The predicted octanol–water partition coefficient (Wildman–Crippen LogP) is 2.30. The van der Waals surface area contributed by atoms with E-state index in [0.717, 1.165) is 12.2 Å². The van der Waals surface area contributed by atoms with Crippen LogP contribution in [0.2, 0.25) is 0 Å². The van der Waals surface area contributed by atoms with E-state index in [-0.39, 0.29) is 5.91 Å². The van der Waals surface area contributed by atoms with Crippen LogP contribution < -0.4 is 10.1 Å². The third kappa shape index (κ3) is 2.97. The smallest absolute Gasteiger partial charge is 0.269 e. The third-order valence-electron chi connectivity index (χ3n) is 2.67. The topological polar surface area (TPSA) is 51.2 Å². The highest BCUT2D eigenvalue weighted by Crippen LogP contribution is 2.20. The monoisotopic (exact) mass is 244 g/mol. The Morgan fingerprint density at radius 2 is 2.33 bits per heavy atom. The minimum atomic E-state index is -0.202. The molecule has 1 N–H and O–H groups in total. The highest BCUT2D eigenvalue weighted by Gasteiger charge is 2.08. The van der Waals surface area contributed by atoms with Crippen LogP contribution in [0.15, 0.2) is 42.3 Å². The Labute approximate surface area is 106 Å². The number of amides is 1. The van der Waals surface area contributed by atoms with Gasteiger partial charge in [-0.2, -0.15) is 0 Å². The number of rotatable bonds is 3. The van der Waals surface area contributed by atoms with Crippen molar-refractivity contribution in [2.75, 3.05) is 7.05 Å². The van der Waals surface area contributed by atoms with Gasteiger partial charge < -0.3 is 10.1 Å². The van der Waals surface area contributed by atoms with E-state index in [0.29, 0.717) is 17.4 Å². The maximum atomic E-state index is 11.3. The SMILES string of the molecule is CNC(=O)c1ccc(OC2=CC(C)CC=C2)cn1. The Morgan fingerprint density at radius 3 is 2.94 bits per heavy atom. The average Bonchev–Trinajstić information content (AvgIpc) is 2.39. The van der Waals surface area contributed by atoms with E-state index in [1.54, 1.807) is 25.4 Å². The van der Waals surface area contributed by atoms with Crippen LogP contribution in [0.4, 0.5) is 0 Å². The number of carbonyl (C=O) groups is 1. The molecule has 1 unspecified atom stereocenters. The maximum absolute atomic E-state index is 11.3. The molecule has 0 aromatic carbocycles. The van der Waals surface area contributed by atoms with Crippen LogP contribution in [-0.4, -0.2) is 17.9 Å². The Balaban J connectivity index is 2.07. The van der Waals surface area contributed by atoms with Crippen LogP contribution in [0.1, 0.15) is 23.8 Å². The zero-order chi connectivity index (χ0) is 13.0. The molecule has 1 aromatic rings. The van der Waals surface area contributed by atoms with Gasteiger partial charge >= 0.3 is 0 Å². The second-order valence-electron chi connectivity index (χ2n) is 4.24. The highest BCUT2D eigenvalue weighted by molar-refractivity contribution is 5.91. The summed E-state index contributed by atoms with van der Waals surface area (Å²) < 4.78 is 5.67. The summed E-state index contributed by atoms with van der Waals surface area (Å²) in [6.07, 6.45) is 8.71. The molecule has 1 heterocycles. The second kappa shape index (κ2) is 5.49. The maximum Gasteiger partial charge on any atom is 0.269 e. The zero-order valence-electron chi connectivity index (χ0n) is 10.5. The number of allylic oxidation sites excluding steroid dienone is 3. The molecule has 0 fully saturated rings. The van der Waals surface area contributed by atoms with Crippen molar-refractivity contribution < 1.29 is 9.53 Å². The van der Waals surface area contributed by atoms with Crippen molar-refractivity contribution in [1.29, 1.82) is 0 Å². The molecule has 0 spiro atoms. The lowest BCUT2D eigenvalue weighted by Gasteiger charge is -2.13. The Morgan fingerprint density at radius 1 is 1.50 bits per heavy atom. The zero-order valence-corrected chi connectivity index (χ0v) is 10.5. The molecular formula is C14H16N2O2. The van der Waals surface area contributed by atoms with Crippen LogP contribution in [0, 0.1) is 5.92 Å². The fourth-order valence-electron chi connectivity index (χ4n) is 1.71. The van der Waals surface area contributed by atoms with Gasteiger partial charge in [-0.15, -0.1) is 0 Å². The summed E-state index contributed by atoms with van der Waals surface area (Å²) in [5, 5.41) is 2.52. The largest absolute Gasteiger partial charge is 0.456 e. The van der Waals surface area contributed by atoms with E-state index in [4.69, 9.17) is 4.74 Å². The Bertz CT molecular complexity index is 489. The number of carbonyl (C=O) groups excluding carboxylic acids is 1. The third-order valence-corrected chi connectivity index (χ3v) is 2.67. The minimum absolute atomic E-state index is 0.202. The number of nitrogens with one attached hydrogen (secondary N) is 1. The molecule has 0 bridgehead atoms. The first-order chi connectivity index (χ1) is 8.69. The molecular weight excluding hydrogens is 228 g/mol. The van der Waals surface area contributed by atoms with E-state index in [9.17, 15) is 4.79 Å². The van der Waals surface area contributed by atoms with E-state index < -0.39 is 0 Å². The van der Waals surface area contributed by atoms with Gasteiger partial charge in [-0.3, -0.25) is 4.79 Å². The van der Waals surface area contributed by atoms with Crippen molar-refractivity contribution in [3.05, 3.63) is 48.0 Å². The quantitative estimate of drug-likeness (QED) is 0.887. The van der Waals surface area contributed by atoms with Crippen molar-refractivity contribution in [2.24, 2.45) is 5.92 Å². The second-order valence-corrected chi connectivity index (χ2v) is 4.24. The Kier molecular flexibility index (Phi) is 3.77. The molecule has 4 heteroatoms. The molecule has 0 saturated carbocycles. The first kappa shape index (κ1) is 12.4. The van der Waals surface area contributed by atoms with Crippen LogP contribution >= 0.6 is 0 Å². The molecule has 4 nitrogen and oxygen atoms in total. The number of nitrogens with zero attached hydrogens (tertiary/aromatic N) is 1. The minimum Gasteiger partial charge on any atom is -0.456 e. The summed E-state index contributed by atoms with van der Waals surface area (Å²) in [6, 6.07) is 3.39. The van der Waals surface area contributed by atoms with Gasteiger partial charge in [0.05, 0.1) is 6.20 Å². The molecule has 1 aliphatic carbocycles. The van der Waals surface area contributed by atoms with Crippen LogP contribution in [-0.2, 0) is 0 Å². The fourth-order valence-corrected chi connectivity index (χ4v) is 1.71. The van der Waals surface area contributed by atoms with Crippen molar-refractivity contribution in [2.45, 2.75) is 13.3 Å². The molecule has 1 aromatic heterocycles. The molecule has 1 aliphatic rings. The van der Waals surface area contributed by atoms with Gasteiger partial charge in [0.1, 0.15) is 17.2 Å². The molecule has 2 rings (SSSR count). The first-order valence-electron chi connectivity index (χ1n) is 5.93. The van der Waals surface area contributed by atoms with Gasteiger partial charge in [-0.05, 0) is 36.6 Å². The highest BCUT2D eigenvalue weighted by atomic mass is 16.5. The molecule has 0 radical (unpaired) electrons. The van der Waals surface area contributed by atoms with Gasteiger partial charge in [-0.1, -0.05) is 13.0 Å². The predicted molar refractivity (Wildman–Crippen MR) is 69.3 cm³/mol. The number of hydrogen-bond donors (Lipinski definition) is 1. The van der Waals surface area contributed by atoms with Crippen LogP contribution in [0.5, 0.6) is 5.75 Å². The normalized spacial score (nSPS) is 18.1. The lowest BCUT2D eigenvalue weighted by Crippen LogP contribution is -2.18. The molecule has 1 amide bonds. The van der Waals surface area contributed by atoms with Crippen molar-refractivity contribution >= 4 is 5.91 Å². The standard InChI is InChI=1S/C14H16N2O2/c1-10-4-3-5-11(8-10)18-12-6-7-13(16-9-12)14(17)15-2/h3,5-10H,4H2,1-2H3,(H,15,17). The van der Waals surface area contributed by atoms with E-state index in [1.807, 2.05) is 6.08 Å². The summed E-state index contributed by atoms with van der Waals surface area (Å²) in [7, 11) is 1.58. The van der Waals surface area contributed by atoms with Gasteiger partial charge in [0, 0.05) is 7.05 Å². The Hall–Kier alpha value is -2.10. The van der Waals surface area contributed by atoms with Gasteiger partial charge in [-0.25, -0.2) is 4.98 Å². The molecule has 0 saturated heterocycles. The first-order valence-corrected chi connectivity index (χ1v) is 5.93. The van der Waals surface area contributed by atoms with E-state index in [1.165, 1.54) is 0 Å². The summed E-state index contributed by atoms with van der Waals surface area (Å²) in [6.45, 7) is 2.14. The summed E-state index contributed by atoms with van der Waals surface area (Å²) in [5.41, 5.74) is 0.381. The molecule has 0 aliphatic heterocycles. The average molecular weight is 244 g/mol. The van der Waals surface area contributed by atoms with E-state index in [2.05, 4.69) is 29.4 Å². The van der Waals surface area contributed by atoms with Gasteiger partial charge in [0.2, 0.25) is 0 Å². The fraction of sp³-hybridized carbons (Fsp3) is 0.286.